The summed E-state index contributed by atoms with van der Waals surface area (Å²) in [7, 11) is -3.71. The first-order chi connectivity index (χ1) is 21.0. The van der Waals surface area contributed by atoms with Crippen LogP contribution in [0.2, 0.25) is 0 Å². The van der Waals surface area contributed by atoms with Gasteiger partial charge in [0.05, 0.1) is 17.4 Å². The first kappa shape index (κ1) is 45.6. The summed E-state index contributed by atoms with van der Waals surface area (Å²) in [5.41, 5.74) is 1.59. The lowest BCUT2D eigenvalue weighted by Crippen LogP contribution is -2.26. The summed E-state index contributed by atoms with van der Waals surface area (Å²) in [4.78, 5) is 28.1. The molecule has 0 fully saturated rings. The van der Waals surface area contributed by atoms with Crippen molar-refractivity contribution in [2.45, 2.75) is 79.2 Å². The number of carbonyl (C=O) groups is 2. The maximum atomic E-state index is 12.0. The van der Waals surface area contributed by atoms with Gasteiger partial charge in [0.15, 0.2) is 5.78 Å². The van der Waals surface area contributed by atoms with Gasteiger partial charge in [0.1, 0.15) is 6.10 Å². The monoisotopic (exact) mass is 649 g/mol. The minimum absolute atomic E-state index is 0. The molecule has 0 saturated heterocycles. The molecular formula is C36H43NO8S. The van der Waals surface area contributed by atoms with Crippen LogP contribution in [0, 0.1) is 83.9 Å². The smallest absolute Gasteiger partial charge is 0.338 e. The SMILES string of the molecule is C#CC#CC#CCCC(CC)C(=O)ON=C(C)c1ccccc1.C#CC#CC#CCCC(CC)CS(=O)(=O)OC(C)C(C)=O.O.O. The van der Waals surface area contributed by atoms with E-state index in [1.54, 1.807) is 6.92 Å². The Balaban J connectivity index is -0.000000774. The van der Waals surface area contributed by atoms with Crippen molar-refractivity contribution in [2.24, 2.45) is 17.0 Å². The van der Waals surface area contributed by atoms with Crippen molar-refractivity contribution in [1.29, 1.82) is 0 Å². The number of carbonyl (C=O) groups excluding carboxylic acids is 2. The third kappa shape index (κ3) is 22.7. The zero-order valence-electron chi connectivity index (χ0n) is 27.0. The number of nitrogens with zero attached hydrogens (tertiary/aromatic N) is 1. The number of rotatable bonds is 14. The van der Waals surface area contributed by atoms with Gasteiger partial charge < -0.3 is 15.8 Å². The zero-order valence-corrected chi connectivity index (χ0v) is 27.8. The van der Waals surface area contributed by atoms with E-state index in [4.69, 9.17) is 21.9 Å². The van der Waals surface area contributed by atoms with E-state index in [2.05, 4.69) is 64.4 Å². The average Bonchev–Trinajstić information content (AvgIpc) is 3.00. The van der Waals surface area contributed by atoms with E-state index in [1.807, 2.05) is 44.2 Å². The molecule has 0 amide bonds. The Labute approximate surface area is 275 Å². The summed E-state index contributed by atoms with van der Waals surface area (Å²) in [6, 6.07) is 9.57. The van der Waals surface area contributed by atoms with Crippen LogP contribution in [0.1, 0.15) is 78.7 Å². The lowest BCUT2D eigenvalue weighted by atomic mass is 10.0. The Bertz CT molecular complexity index is 1550. The fraction of sp³-hybridized carbons (Fsp3) is 0.417. The predicted octanol–water partition coefficient (Wildman–Crippen LogP) is 3.51. The molecule has 10 heteroatoms. The molecule has 0 heterocycles. The molecule has 1 aromatic carbocycles. The van der Waals surface area contributed by atoms with Crippen molar-refractivity contribution in [2.75, 3.05) is 5.75 Å². The maximum absolute atomic E-state index is 12.0. The van der Waals surface area contributed by atoms with Crippen LogP contribution in [0.4, 0.5) is 0 Å². The number of benzene rings is 1. The van der Waals surface area contributed by atoms with Gasteiger partial charge in [0, 0.05) is 12.8 Å². The van der Waals surface area contributed by atoms with Gasteiger partial charge in [-0.1, -0.05) is 67.6 Å². The molecule has 0 aliphatic rings. The standard InChI is InChI=1S/C20H19NO2.C16H20O4S.2H2O/c1-4-6-7-8-9-11-14-18(5-2)20(22)23-21-17(3)19-15-12-10-13-16-19;1-5-7-8-9-10-11-12-16(6-2)13-21(18,19)20-15(4)14(3)17;;/h1,10,12-13,15-16,18H,5,11,14H2,2-3H3;1,15-16H,6,11-13H2,2-4H3;2*1H2. The highest BCUT2D eigenvalue weighted by Crippen LogP contribution is 2.16. The molecule has 0 bridgehead atoms. The summed E-state index contributed by atoms with van der Waals surface area (Å²) < 4.78 is 28.5. The average molecular weight is 650 g/mol. The van der Waals surface area contributed by atoms with Gasteiger partial charge in [-0.3, -0.25) is 8.98 Å². The van der Waals surface area contributed by atoms with Crippen LogP contribution in [0.5, 0.6) is 0 Å². The van der Waals surface area contributed by atoms with Crippen molar-refractivity contribution in [1.82, 2.24) is 0 Å². The van der Waals surface area contributed by atoms with E-state index < -0.39 is 16.2 Å². The van der Waals surface area contributed by atoms with E-state index in [0.29, 0.717) is 44.2 Å². The molecule has 1 aromatic rings. The molecule has 0 aliphatic heterocycles. The molecular weight excluding hydrogens is 606 g/mol. The van der Waals surface area contributed by atoms with E-state index in [-0.39, 0.29) is 40.3 Å². The fourth-order valence-electron chi connectivity index (χ4n) is 3.30. The van der Waals surface area contributed by atoms with Crippen molar-refractivity contribution in [3.8, 4) is 72.1 Å². The molecule has 3 atom stereocenters. The molecule has 46 heavy (non-hydrogen) atoms. The lowest BCUT2D eigenvalue weighted by Gasteiger charge is -2.15. The summed E-state index contributed by atoms with van der Waals surface area (Å²) in [5.74, 6) is 24.0. The largest absolute Gasteiger partial charge is 0.412 e. The summed E-state index contributed by atoms with van der Waals surface area (Å²) >= 11 is 0. The van der Waals surface area contributed by atoms with E-state index in [9.17, 15) is 18.0 Å². The van der Waals surface area contributed by atoms with Crippen LogP contribution >= 0.6 is 0 Å². The molecule has 4 N–H and O–H groups in total. The van der Waals surface area contributed by atoms with Gasteiger partial charge in [0.2, 0.25) is 0 Å². The van der Waals surface area contributed by atoms with Crippen molar-refractivity contribution in [3.05, 3.63) is 35.9 Å². The molecule has 9 nitrogen and oxygen atoms in total. The third-order valence-electron chi connectivity index (χ3n) is 6.04. The highest BCUT2D eigenvalue weighted by atomic mass is 32.2. The minimum Gasteiger partial charge on any atom is -0.412 e. The Hall–Kier alpha value is -4.78. The highest BCUT2D eigenvalue weighted by molar-refractivity contribution is 7.86. The Kier molecular flexibility index (Phi) is 27.5. The number of hydrogen-bond acceptors (Lipinski definition) is 7. The van der Waals surface area contributed by atoms with Gasteiger partial charge in [-0.25, -0.2) is 4.79 Å². The van der Waals surface area contributed by atoms with Crippen molar-refractivity contribution >= 4 is 27.6 Å². The van der Waals surface area contributed by atoms with Crippen LogP contribution in [-0.4, -0.2) is 48.7 Å². The minimum atomic E-state index is -3.71. The number of oxime groups is 1. The molecule has 1 rings (SSSR count). The molecule has 246 valence electrons. The van der Waals surface area contributed by atoms with Gasteiger partial charge in [-0.15, -0.1) is 12.8 Å². The van der Waals surface area contributed by atoms with Crippen molar-refractivity contribution in [3.63, 3.8) is 0 Å². The molecule has 0 spiro atoms. The summed E-state index contributed by atoms with van der Waals surface area (Å²) in [6.45, 7) is 8.37. The fourth-order valence-corrected chi connectivity index (χ4v) is 4.93. The number of terminal acetylenes is 2. The summed E-state index contributed by atoms with van der Waals surface area (Å²) in [6.07, 6.45) is 12.7. The van der Waals surface area contributed by atoms with Gasteiger partial charge in [-0.05, 0) is 98.9 Å². The van der Waals surface area contributed by atoms with Gasteiger partial charge in [0.25, 0.3) is 10.1 Å². The quantitative estimate of drug-likeness (QED) is 0.0985. The highest BCUT2D eigenvalue weighted by Gasteiger charge is 2.23. The van der Waals surface area contributed by atoms with Crippen LogP contribution < -0.4 is 0 Å². The third-order valence-corrected chi connectivity index (χ3v) is 7.50. The Morgan fingerprint density at radius 1 is 0.848 bits per heavy atom. The molecule has 3 unspecified atom stereocenters. The van der Waals surface area contributed by atoms with Crippen molar-refractivity contribution < 1.29 is 38.0 Å². The Morgan fingerprint density at radius 3 is 1.87 bits per heavy atom. The van der Waals surface area contributed by atoms with Gasteiger partial charge in [-0.2, -0.15) is 8.42 Å². The first-order valence-electron chi connectivity index (χ1n) is 14.1. The lowest BCUT2D eigenvalue weighted by molar-refractivity contribution is -0.148. The predicted molar refractivity (Wildman–Crippen MR) is 182 cm³/mol. The second-order valence-electron chi connectivity index (χ2n) is 9.38. The first-order valence-corrected chi connectivity index (χ1v) is 15.7. The second-order valence-corrected chi connectivity index (χ2v) is 11.0. The topological polar surface area (TPSA) is 162 Å². The van der Waals surface area contributed by atoms with E-state index in [0.717, 1.165) is 5.56 Å². The zero-order chi connectivity index (χ0) is 33.2. The number of hydrogen-bond donors (Lipinski definition) is 0. The normalized spacial score (nSPS) is 11.4. The maximum Gasteiger partial charge on any atom is 0.338 e. The van der Waals surface area contributed by atoms with E-state index in [1.165, 1.54) is 13.8 Å². The molecule has 0 aliphatic carbocycles. The number of Topliss-reactive ketones (excluding diaryl/α,β-unsaturated/α-hetero) is 1. The molecule has 0 radical (unpaired) electrons. The molecule has 0 aromatic heterocycles. The van der Waals surface area contributed by atoms with Crippen LogP contribution in [0.3, 0.4) is 0 Å². The van der Waals surface area contributed by atoms with Crippen LogP contribution in [0.25, 0.3) is 0 Å². The summed E-state index contributed by atoms with van der Waals surface area (Å²) in [5, 5.41) is 3.92. The van der Waals surface area contributed by atoms with E-state index >= 15 is 0 Å². The van der Waals surface area contributed by atoms with Crippen LogP contribution in [-0.2, 0) is 28.7 Å². The van der Waals surface area contributed by atoms with Gasteiger partial charge >= 0.3 is 5.97 Å². The number of ketones is 1. The van der Waals surface area contributed by atoms with Crippen LogP contribution in [0.15, 0.2) is 35.5 Å². The Morgan fingerprint density at radius 2 is 1.39 bits per heavy atom. The second kappa shape index (κ2) is 27.7. The molecule has 0 saturated carbocycles.